The smallest absolute Gasteiger partial charge is 0.126 e. The van der Waals surface area contributed by atoms with E-state index in [1.807, 2.05) is 12.3 Å². The van der Waals surface area contributed by atoms with Crippen molar-refractivity contribution in [2.24, 2.45) is 4.99 Å². The molecule has 0 aliphatic carbocycles. The highest BCUT2D eigenvalue weighted by Gasteiger charge is 2.30. The number of aliphatic imine (C=N–C) groups is 1. The van der Waals surface area contributed by atoms with Gasteiger partial charge >= 0.3 is 0 Å². The number of ether oxygens (including phenoxy) is 1. The quantitative estimate of drug-likeness (QED) is 0.249. The first-order valence-corrected chi connectivity index (χ1v) is 12.8. The highest BCUT2D eigenvalue weighted by molar-refractivity contribution is 7.48. The Labute approximate surface area is 202 Å². The largest absolute Gasteiger partial charge is 0.488 e. The third-order valence-electron chi connectivity index (χ3n) is 5.91. The molecular formula is C30H38NOP. The monoisotopic (exact) mass is 459 g/mol. The predicted molar refractivity (Wildman–Crippen MR) is 146 cm³/mol. The highest BCUT2D eigenvalue weighted by Crippen LogP contribution is 2.49. The number of hydrogen-bond acceptors (Lipinski definition) is 2. The van der Waals surface area contributed by atoms with E-state index >= 15 is 0 Å². The summed E-state index contributed by atoms with van der Waals surface area (Å²) in [6.07, 6.45) is 3.08. The standard InChI is InChI=1S/C30H38NOP/c1-8-30(7,33-27-17-13-12-16-25(27)20-31-29(4,5)6)26-19-22(2)18-23(3)28(26)32-21-24-14-10-9-11-15-24/h9-20,33H,8,21H2,1-7H3. The van der Waals surface area contributed by atoms with Crippen molar-refractivity contribution < 1.29 is 4.74 Å². The molecule has 0 saturated heterocycles. The maximum absolute atomic E-state index is 6.50. The Balaban J connectivity index is 1.99. The molecule has 33 heavy (non-hydrogen) atoms. The van der Waals surface area contributed by atoms with Gasteiger partial charge < -0.3 is 4.74 Å². The van der Waals surface area contributed by atoms with Crippen LogP contribution in [0.4, 0.5) is 0 Å². The Morgan fingerprint density at radius 2 is 1.58 bits per heavy atom. The number of hydrogen-bond donors (Lipinski definition) is 0. The maximum atomic E-state index is 6.50. The van der Waals surface area contributed by atoms with Crippen LogP contribution < -0.4 is 10.0 Å². The molecule has 0 bridgehead atoms. The molecule has 3 heteroatoms. The molecule has 0 aliphatic rings. The van der Waals surface area contributed by atoms with E-state index in [1.165, 1.54) is 33.1 Å². The van der Waals surface area contributed by atoms with Crippen LogP contribution in [-0.2, 0) is 11.8 Å². The Kier molecular flexibility index (Phi) is 8.14. The average Bonchev–Trinajstić information content (AvgIpc) is 2.77. The number of aryl methyl sites for hydroxylation is 2. The number of nitrogens with zero attached hydrogens (tertiary/aromatic N) is 1. The Morgan fingerprint density at radius 3 is 2.24 bits per heavy atom. The average molecular weight is 460 g/mol. The van der Waals surface area contributed by atoms with Crippen molar-refractivity contribution in [1.82, 2.24) is 0 Å². The van der Waals surface area contributed by atoms with E-state index in [-0.39, 0.29) is 10.7 Å². The van der Waals surface area contributed by atoms with Crippen molar-refractivity contribution in [2.45, 2.75) is 72.2 Å². The Hall–Kier alpha value is -2.44. The lowest BCUT2D eigenvalue weighted by molar-refractivity contribution is 0.297. The molecule has 0 aromatic heterocycles. The number of rotatable bonds is 8. The van der Waals surface area contributed by atoms with E-state index in [9.17, 15) is 0 Å². The van der Waals surface area contributed by atoms with E-state index in [2.05, 4.69) is 109 Å². The molecule has 0 fully saturated rings. The zero-order chi connectivity index (χ0) is 24.1. The van der Waals surface area contributed by atoms with E-state index in [0.29, 0.717) is 15.2 Å². The van der Waals surface area contributed by atoms with Gasteiger partial charge in [-0.15, -0.1) is 0 Å². The first-order chi connectivity index (χ1) is 15.6. The topological polar surface area (TPSA) is 21.6 Å². The van der Waals surface area contributed by atoms with Gasteiger partial charge in [-0.25, -0.2) is 0 Å². The van der Waals surface area contributed by atoms with Crippen LogP contribution in [0.5, 0.6) is 5.75 Å². The van der Waals surface area contributed by atoms with Crippen molar-refractivity contribution >= 4 is 20.1 Å². The molecule has 0 radical (unpaired) electrons. The van der Waals surface area contributed by atoms with E-state index in [1.54, 1.807) is 0 Å². The van der Waals surface area contributed by atoms with Crippen LogP contribution in [0, 0.1) is 13.8 Å². The molecule has 174 valence electrons. The van der Waals surface area contributed by atoms with Gasteiger partial charge in [0.2, 0.25) is 0 Å². The van der Waals surface area contributed by atoms with Crippen molar-refractivity contribution in [1.29, 1.82) is 0 Å². The van der Waals surface area contributed by atoms with Crippen LogP contribution in [0.15, 0.2) is 71.7 Å². The second kappa shape index (κ2) is 10.7. The summed E-state index contributed by atoms with van der Waals surface area (Å²) in [6.45, 7) is 16.0. The normalized spacial score (nSPS) is 14.2. The van der Waals surface area contributed by atoms with E-state index < -0.39 is 0 Å². The van der Waals surface area contributed by atoms with Gasteiger partial charge in [-0.2, -0.15) is 0 Å². The summed E-state index contributed by atoms with van der Waals surface area (Å²) in [5.41, 5.74) is 6.10. The minimum absolute atomic E-state index is 0.0333. The van der Waals surface area contributed by atoms with Crippen molar-refractivity contribution in [2.75, 3.05) is 0 Å². The molecule has 0 spiro atoms. The van der Waals surface area contributed by atoms with E-state index in [4.69, 9.17) is 9.73 Å². The van der Waals surface area contributed by atoms with Crippen LogP contribution in [0.2, 0.25) is 0 Å². The van der Waals surface area contributed by atoms with Gasteiger partial charge in [0, 0.05) is 16.9 Å². The van der Waals surface area contributed by atoms with Gasteiger partial charge in [-0.3, -0.25) is 4.99 Å². The lowest BCUT2D eigenvalue weighted by Crippen LogP contribution is -2.22. The van der Waals surface area contributed by atoms with Gasteiger partial charge in [-0.1, -0.05) is 94.7 Å². The summed E-state index contributed by atoms with van der Waals surface area (Å²) in [5.74, 6) is 1.03. The minimum atomic E-state index is -0.0869. The van der Waals surface area contributed by atoms with Crippen LogP contribution in [0.1, 0.15) is 68.9 Å². The van der Waals surface area contributed by atoms with Crippen LogP contribution in [0.3, 0.4) is 0 Å². The third-order valence-corrected chi connectivity index (χ3v) is 7.81. The zero-order valence-corrected chi connectivity index (χ0v) is 22.2. The molecule has 0 amide bonds. The molecule has 2 unspecified atom stereocenters. The van der Waals surface area contributed by atoms with Crippen molar-refractivity contribution in [3.05, 3.63) is 94.5 Å². The predicted octanol–water partition coefficient (Wildman–Crippen LogP) is 7.73. The summed E-state index contributed by atoms with van der Waals surface area (Å²) in [4.78, 5) is 4.78. The molecule has 3 rings (SSSR count). The molecule has 0 aliphatic heterocycles. The summed E-state index contributed by atoms with van der Waals surface area (Å²) in [6, 6.07) is 23.7. The first-order valence-electron chi connectivity index (χ1n) is 11.8. The fourth-order valence-electron chi connectivity index (χ4n) is 3.92. The molecule has 2 atom stereocenters. The molecule has 0 N–H and O–H groups in total. The molecular weight excluding hydrogens is 421 g/mol. The molecule has 3 aromatic rings. The van der Waals surface area contributed by atoms with Gasteiger partial charge in [0.1, 0.15) is 12.4 Å². The van der Waals surface area contributed by atoms with Crippen molar-refractivity contribution in [3.63, 3.8) is 0 Å². The third kappa shape index (κ3) is 6.78. The zero-order valence-electron chi connectivity index (χ0n) is 21.2. The SMILES string of the molecule is CCC(C)(Pc1ccccc1C=NC(C)(C)C)c1cc(C)cc(C)c1OCc1ccccc1. The molecule has 0 heterocycles. The number of benzene rings is 3. The van der Waals surface area contributed by atoms with Crippen LogP contribution in [0.25, 0.3) is 0 Å². The summed E-state index contributed by atoms with van der Waals surface area (Å²) in [7, 11) is 0.607. The summed E-state index contributed by atoms with van der Waals surface area (Å²) >= 11 is 0. The van der Waals surface area contributed by atoms with Gasteiger partial charge in [0.05, 0.1) is 5.54 Å². The fourth-order valence-corrected chi connectivity index (χ4v) is 5.48. The minimum Gasteiger partial charge on any atom is -0.488 e. The lowest BCUT2D eigenvalue weighted by atomic mass is 9.92. The maximum Gasteiger partial charge on any atom is 0.126 e. The van der Waals surface area contributed by atoms with Crippen LogP contribution in [-0.4, -0.2) is 11.8 Å². The first kappa shape index (κ1) is 25.2. The Bertz CT molecular complexity index is 1100. The summed E-state index contributed by atoms with van der Waals surface area (Å²) in [5, 5.41) is 1.32. The molecule has 0 saturated carbocycles. The second-order valence-electron chi connectivity index (χ2n) is 10.1. The summed E-state index contributed by atoms with van der Waals surface area (Å²) < 4.78 is 6.50. The van der Waals surface area contributed by atoms with Gasteiger partial charge in [-0.05, 0) is 63.0 Å². The van der Waals surface area contributed by atoms with Gasteiger partial charge in [0.25, 0.3) is 0 Å². The van der Waals surface area contributed by atoms with Gasteiger partial charge in [0.15, 0.2) is 0 Å². The fraction of sp³-hybridized carbons (Fsp3) is 0.367. The second-order valence-corrected chi connectivity index (χ2v) is 12.0. The lowest BCUT2D eigenvalue weighted by Gasteiger charge is -2.33. The Morgan fingerprint density at radius 1 is 0.909 bits per heavy atom. The molecule has 3 aromatic carbocycles. The van der Waals surface area contributed by atoms with Crippen LogP contribution >= 0.6 is 8.58 Å². The van der Waals surface area contributed by atoms with E-state index in [0.717, 1.165) is 12.2 Å². The highest BCUT2D eigenvalue weighted by atomic mass is 31.1. The molecule has 2 nitrogen and oxygen atoms in total. The van der Waals surface area contributed by atoms with Crippen molar-refractivity contribution in [3.8, 4) is 5.75 Å².